The zero-order valence-electron chi connectivity index (χ0n) is 5.71. The number of hydrogen-bond acceptors (Lipinski definition) is 1. The molecule has 0 aromatic rings. The van der Waals surface area contributed by atoms with Gasteiger partial charge in [-0.05, 0) is 43.4 Å². The standard InChI is InChI=1S/C8H14O/c9-4-3-7-5-8(7)6-1-2-6/h6-9H,1-5H2/t7-,8+/m1/s1. The van der Waals surface area contributed by atoms with Crippen molar-refractivity contribution in [3.05, 3.63) is 0 Å². The van der Waals surface area contributed by atoms with E-state index in [9.17, 15) is 0 Å². The first-order valence-corrected chi connectivity index (χ1v) is 4.02. The van der Waals surface area contributed by atoms with Crippen molar-refractivity contribution < 1.29 is 5.11 Å². The van der Waals surface area contributed by atoms with E-state index in [-0.39, 0.29) is 0 Å². The number of hydrogen-bond donors (Lipinski definition) is 1. The molecular formula is C8H14O. The van der Waals surface area contributed by atoms with E-state index < -0.39 is 0 Å². The molecule has 0 unspecified atom stereocenters. The molecule has 0 radical (unpaired) electrons. The predicted octanol–water partition coefficient (Wildman–Crippen LogP) is 1.41. The van der Waals surface area contributed by atoms with Crippen LogP contribution in [0.2, 0.25) is 0 Å². The largest absolute Gasteiger partial charge is 0.396 e. The molecule has 0 saturated heterocycles. The molecule has 0 aromatic heterocycles. The van der Waals surface area contributed by atoms with Crippen LogP contribution in [-0.2, 0) is 0 Å². The lowest BCUT2D eigenvalue weighted by molar-refractivity contribution is 0.276. The summed E-state index contributed by atoms with van der Waals surface area (Å²) in [7, 11) is 0. The Kier molecular flexibility index (Phi) is 1.26. The lowest BCUT2D eigenvalue weighted by Crippen LogP contribution is -1.88. The van der Waals surface area contributed by atoms with Gasteiger partial charge in [0.15, 0.2) is 0 Å². The second-order valence-electron chi connectivity index (χ2n) is 3.51. The fourth-order valence-electron chi connectivity index (χ4n) is 1.87. The van der Waals surface area contributed by atoms with Gasteiger partial charge in [0, 0.05) is 6.61 Å². The molecular weight excluding hydrogens is 112 g/mol. The summed E-state index contributed by atoms with van der Waals surface area (Å²) in [4.78, 5) is 0. The van der Waals surface area contributed by atoms with Crippen LogP contribution >= 0.6 is 0 Å². The highest BCUT2D eigenvalue weighted by molar-refractivity contribution is 4.96. The predicted molar refractivity (Wildman–Crippen MR) is 36.0 cm³/mol. The van der Waals surface area contributed by atoms with Crippen molar-refractivity contribution in [2.75, 3.05) is 6.61 Å². The molecule has 1 N–H and O–H groups in total. The second-order valence-corrected chi connectivity index (χ2v) is 3.51. The van der Waals surface area contributed by atoms with Crippen LogP contribution in [0.1, 0.15) is 25.7 Å². The zero-order valence-corrected chi connectivity index (χ0v) is 5.71. The van der Waals surface area contributed by atoms with Crippen LogP contribution in [0.15, 0.2) is 0 Å². The third-order valence-electron chi connectivity index (χ3n) is 2.70. The summed E-state index contributed by atoms with van der Waals surface area (Å²) in [6, 6.07) is 0. The van der Waals surface area contributed by atoms with Gasteiger partial charge in [0.25, 0.3) is 0 Å². The van der Waals surface area contributed by atoms with E-state index in [2.05, 4.69) is 0 Å². The monoisotopic (exact) mass is 126 g/mol. The Balaban J connectivity index is 1.69. The van der Waals surface area contributed by atoms with E-state index in [1.807, 2.05) is 0 Å². The lowest BCUT2D eigenvalue weighted by atomic mass is 10.2. The summed E-state index contributed by atoms with van der Waals surface area (Å²) in [5.41, 5.74) is 0. The van der Waals surface area contributed by atoms with Gasteiger partial charge in [0.05, 0.1) is 0 Å². The maximum atomic E-state index is 8.60. The molecule has 0 spiro atoms. The fourth-order valence-corrected chi connectivity index (χ4v) is 1.87. The van der Waals surface area contributed by atoms with E-state index in [0.717, 1.165) is 24.2 Å². The minimum Gasteiger partial charge on any atom is -0.396 e. The topological polar surface area (TPSA) is 20.2 Å². The zero-order chi connectivity index (χ0) is 6.27. The average molecular weight is 126 g/mol. The van der Waals surface area contributed by atoms with Crippen LogP contribution in [0.4, 0.5) is 0 Å². The summed E-state index contributed by atoms with van der Waals surface area (Å²) in [5, 5.41) is 8.60. The average Bonchev–Trinajstić information content (AvgIpc) is 2.58. The van der Waals surface area contributed by atoms with Crippen molar-refractivity contribution in [3.8, 4) is 0 Å². The van der Waals surface area contributed by atoms with Gasteiger partial charge < -0.3 is 5.11 Å². The highest BCUT2D eigenvalue weighted by Crippen LogP contribution is 2.55. The Morgan fingerprint density at radius 3 is 2.67 bits per heavy atom. The number of rotatable bonds is 3. The third-order valence-corrected chi connectivity index (χ3v) is 2.70. The minimum absolute atomic E-state index is 0.411. The van der Waals surface area contributed by atoms with Crippen LogP contribution in [0.25, 0.3) is 0 Å². The van der Waals surface area contributed by atoms with E-state index in [1.54, 1.807) is 0 Å². The Morgan fingerprint density at radius 1 is 1.33 bits per heavy atom. The third kappa shape index (κ3) is 1.11. The van der Waals surface area contributed by atoms with Crippen molar-refractivity contribution in [1.82, 2.24) is 0 Å². The first-order valence-electron chi connectivity index (χ1n) is 4.02. The van der Waals surface area contributed by atoms with E-state index in [4.69, 9.17) is 5.11 Å². The molecule has 2 atom stereocenters. The summed E-state index contributed by atoms with van der Waals surface area (Å²) in [6.07, 6.45) is 5.45. The highest BCUT2D eigenvalue weighted by Gasteiger charge is 2.46. The molecule has 1 nitrogen and oxygen atoms in total. The first-order chi connectivity index (χ1) is 4.42. The van der Waals surface area contributed by atoms with Crippen LogP contribution in [0.5, 0.6) is 0 Å². The van der Waals surface area contributed by atoms with Gasteiger partial charge in [-0.15, -0.1) is 0 Å². The van der Waals surface area contributed by atoms with Crippen molar-refractivity contribution in [3.63, 3.8) is 0 Å². The normalized spacial score (nSPS) is 41.0. The van der Waals surface area contributed by atoms with Crippen LogP contribution in [0, 0.1) is 17.8 Å². The molecule has 0 aliphatic heterocycles. The Morgan fingerprint density at radius 2 is 2.11 bits per heavy atom. The summed E-state index contributed by atoms with van der Waals surface area (Å²) < 4.78 is 0. The second kappa shape index (κ2) is 1.98. The van der Waals surface area contributed by atoms with Crippen LogP contribution in [-0.4, -0.2) is 11.7 Å². The Bertz CT molecular complexity index is 107. The lowest BCUT2D eigenvalue weighted by Gasteiger charge is -1.91. The maximum absolute atomic E-state index is 8.60. The SMILES string of the molecule is OCC[C@@H]1C[C@H]1C1CC1. The van der Waals surface area contributed by atoms with E-state index >= 15 is 0 Å². The maximum Gasteiger partial charge on any atom is 0.0433 e. The van der Waals surface area contributed by atoms with Gasteiger partial charge in [0.2, 0.25) is 0 Å². The Hall–Kier alpha value is -0.0400. The van der Waals surface area contributed by atoms with Crippen LogP contribution < -0.4 is 0 Å². The minimum atomic E-state index is 0.411. The van der Waals surface area contributed by atoms with Gasteiger partial charge in [-0.1, -0.05) is 0 Å². The summed E-state index contributed by atoms with van der Waals surface area (Å²) in [6.45, 7) is 0.411. The molecule has 9 heavy (non-hydrogen) atoms. The number of aliphatic hydroxyl groups excluding tert-OH is 1. The molecule has 0 heterocycles. The van der Waals surface area contributed by atoms with Crippen molar-refractivity contribution in [2.45, 2.75) is 25.7 Å². The molecule has 2 fully saturated rings. The van der Waals surface area contributed by atoms with Crippen molar-refractivity contribution in [1.29, 1.82) is 0 Å². The van der Waals surface area contributed by atoms with Gasteiger partial charge in [-0.25, -0.2) is 0 Å². The van der Waals surface area contributed by atoms with Gasteiger partial charge in [-0.2, -0.15) is 0 Å². The quantitative estimate of drug-likeness (QED) is 0.606. The highest BCUT2D eigenvalue weighted by atomic mass is 16.3. The van der Waals surface area contributed by atoms with Crippen molar-refractivity contribution >= 4 is 0 Å². The Labute approximate surface area is 56.1 Å². The van der Waals surface area contributed by atoms with Gasteiger partial charge in [-0.3, -0.25) is 0 Å². The molecule has 1 heteroatoms. The van der Waals surface area contributed by atoms with E-state index in [1.165, 1.54) is 19.3 Å². The van der Waals surface area contributed by atoms with Gasteiger partial charge in [0.1, 0.15) is 0 Å². The molecule has 0 aromatic carbocycles. The fraction of sp³-hybridized carbons (Fsp3) is 1.00. The molecule has 2 aliphatic carbocycles. The summed E-state index contributed by atoms with van der Waals surface area (Å²) >= 11 is 0. The van der Waals surface area contributed by atoms with Crippen molar-refractivity contribution in [2.24, 2.45) is 17.8 Å². The molecule has 2 saturated carbocycles. The molecule has 52 valence electrons. The number of aliphatic hydroxyl groups is 1. The first kappa shape index (κ1) is 5.72. The smallest absolute Gasteiger partial charge is 0.0433 e. The van der Waals surface area contributed by atoms with E-state index in [0.29, 0.717) is 6.61 Å². The summed E-state index contributed by atoms with van der Waals surface area (Å²) in [5.74, 6) is 3.04. The molecule has 2 rings (SSSR count). The van der Waals surface area contributed by atoms with Crippen LogP contribution in [0.3, 0.4) is 0 Å². The molecule has 2 aliphatic rings. The molecule has 0 bridgehead atoms. The van der Waals surface area contributed by atoms with Gasteiger partial charge >= 0.3 is 0 Å². The molecule has 0 amide bonds.